The van der Waals surface area contributed by atoms with Crippen molar-refractivity contribution >= 4 is 0 Å². The summed E-state index contributed by atoms with van der Waals surface area (Å²) in [5, 5.41) is 3.21. The molecular weight excluding hydrogens is 277 g/mol. The van der Waals surface area contributed by atoms with E-state index >= 15 is 0 Å². The second-order valence-corrected chi connectivity index (χ2v) is 5.74. The van der Waals surface area contributed by atoms with E-state index in [2.05, 4.69) is 17.1 Å². The van der Waals surface area contributed by atoms with Crippen LogP contribution in [-0.4, -0.2) is 31.1 Å². The van der Waals surface area contributed by atoms with Gasteiger partial charge < -0.3 is 5.32 Å². The molecule has 0 aromatic heterocycles. The van der Waals surface area contributed by atoms with E-state index in [4.69, 9.17) is 0 Å². The number of nitrogens with zero attached hydrogens (tertiary/aromatic N) is 1. The summed E-state index contributed by atoms with van der Waals surface area (Å²) in [4.78, 5) is 2.41. The smallest absolute Gasteiger partial charge is 0.318 e. The first kappa shape index (κ1) is 16.3. The average molecular weight is 300 g/mol. The molecule has 1 saturated heterocycles. The molecule has 1 heterocycles. The highest BCUT2D eigenvalue weighted by molar-refractivity contribution is 5.26. The summed E-state index contributed by atoms with van der Waals surface area (Å²) < 4.78 is 37.9. The van der Waals surface area contributed by atoms with Gasteiger partial charge in [0.25, 0.3) is 0 Å². The van der Waals surface area contributed by atoms with E-state index in [1.807, 2.05) is 7.05 Å². The molecule has 1 aromatic carbocycles. The number of rotatable bonds is 4. The van der Waals surface area contributed by atoms with Crippen LogP contribution in [0.15, 0.2) is 24.3 Å². The summed E-state index contributed by atoms with van der Waals surface area (Å²) in [6.45, 7) is 4.01. The molecule has 1 aromatic rings. The van der Waals surface area contributed by atoms with Crippen LogP contribution < -0.4 is 5.32 Å². The lowest BCUT2D eigenvalue weighted by atomic mass is 9.96. The van der Waals surface area contributed by atoms with Crippen LogP contribution in [0.1, 0.15) is 43.4 Å². The van der Waals surface area contributed by atoms with Gasteiger partial charge in [-0.15, -0.1) is 0 Å². The average Bonchev–Trinajstić information content (AvgIpc) is 2.47. The monoisotopic (exact) mass is 300 g/mol. The van der Waals surface area contributed by atoms with E-state index in [9.17, 15) is 13.2 Å². The summed E-state index contributed by atoms with van der Waals surface area (Å²) in [7, 11) is 1.94. The Morgan fingerprint density at radius 1 is 1.24 bits per heavy atom. The van der Waals surface area contributed by atoms with Crippen LogP contribution in [0.3, 0.4) is 0 Å². The number of hydrogen-bond donors (Lipinski definition) is 1. The minimum absolute atomic E-state index is 0.144. The molecule has 1 fully saturated rings. The van der Waals surface area contributed by atoms with Gasteiger partial charge in [-0.2, -0.15) is 13.2 Å². The first-order valence-electron chi connectivity index (χ1n) is 7.51. The molecule has 0 spiro atoms. The van der Waals surface area contributed by atoms with Crippen LogP contribution in [0.25, 0.3) is 0 Å². The van der Waals surface area contributed by atoms with Gasteiger partial charge in [-0.1, -0.05) is 18.6 Å². The summed E-state index contributed by atoms with van der Waals surface area (Å²) in [5.41, 5.74) is 0.370. The van der Waals surface area contributed by atoms with Crippen molar-refractivity contribution < 1.29 is 13.2 Å². The first-order valence-corrected chi connectivity index (χ1v) is 7.51. The van der Waals surface area contributed by atoms with Gasteiger partial charge in [0, 0.05) is 18.6 Å². The third kappa shape index (κ3) is 3.98. The molecule has 0 radical (unpaired) electrons. The molecule has 2 unspecified atom stereocenters. The summed E-state index contributed by atoms with van der Waals surface area (Å²) >= 11 is 0. The minimum Gasteiger partial charge on any atom is -0.318 e. The predicted octanol–water partition coefficient (Wildman–Crippen LogP) is 3.84. The van der Waals surface area contributed by atoms with Crippen LogP contribution >= 0.6 is 0 Å². The summed E-state index contributed by atoms with van der Waals surface area (Å²) in [5.74, 6) is 0. The lowest BCUT2D eigenvalue weighted by molar-refractivity contribution is -0.137. The molecule has 1 N–H and O–H groups in total. The molecule has 0 saturated carbocycles. The van der Waals surface area contributed by atoms with Gasteiger partial charge in [0.05, 0.1) is 5.56 Å². The molecule has 5 heteroatoms. The minimum atomic E-state index is -4.26. The number of hydrogen-bond acceptors (Lipinski definition) is 2. The Labute approximate surface area is 124 Å². The molecule has 2 rings (SSSR count). The van der Waals surface area contributed by atoms with Crippen molar-refractivity contribution in [2.75, 3.05) is 20.1 Å². The zero-order valence-electron chi connectivity index (χ0n) is 12.6. The van der Waals surface area contributed by atoms with Crippen molar-refractivity contribution in [3.8, 4) is 0 Å². The zero-order chi connectivity index (χ0) is 15.5. The third-order valence-electron chi connectivity index (χ3n) is 4.33. The molecule has 0 bridgehead atoms. The number of benzene rings is 1. The van der Waals surface area contributed by atoms with E-state index in [0.29, 0.717) is 6.04 Å². The molecular formula is C16H23F3N2. The quantitative estimate of drug-likeness (QED) is 0.909. The number of nitrogens with one attached hydrogen (secondary N) is 1. The maximum absolute atomic E-state index is 12.6. The fourth-order valence-electron chi connectivity index (χ4n) is 3.13. The maximum atomic E-state index is 12.6. The van der Waals surface area contributed by atoms with E-state index in [0.717, 1.165) is 31.5 Å². The van der Waals surface area contributed by atoms with Gasteiger partial charge in [-0.3, -0.25) is 4.90 Å². The van der Waals surface area contributed by atoms with Gasteiger partial charge >= 0.3 is 6.18 Å². The number of piperidine rings is 1. The highest BCUT2D eigenvalue weighted by Crippen LogP contribution is 2.32. The molecule has 2 atom stereocenters. The van der Waals surface area contributed by atoms with Gasteiger partial charge in [0.2, 0.25) is 0 Å². The molecule has 0 aliphatic carbocycles. The van der Waals surface area contributed by atoms with Crippen molar-refractivity contribution in [1.82, 2.24) is 10.2 Å². The van der Waals surface area contributed by atoms with Gasteiger partial charge in [0.1, 0.15) is 0 Å². The Balaban J connectivity index is 2.12. The van der Waals surface area contributed by atoms with Crippen molar-refractivity contribution in [3.05, 3.63) is 35.4 Å². The topological polar surface area (TPSA) is 15.3 Å². The summed E-state index contributed by atoms with van der Waals surface area (Å²) in [6.07, 6.45) is -0.735. The van der Waals surface area contributed by atoms with Crippen molar-refractivity contribution in [2.24, 2.45) is 0 Å². The molecule has 118 valence electrons. The van der Waals surface area contributed by atoms with Crippen molar-refractivity contribution in [3.63, 3.8) is 0 Å². The molecule has 2 nitrogen and oxygen atoms in total. The molecule has 21 heavy (non-hydrogen) atoms. The second kappa shape index (κ2) is 6.79. The van der Waals surface area contributed by atoms with Gasteiger partial charge in [-0.05, 0) is 51.1 Å². The van der Waals surface area contributed by atoms with Crippen molar-refractivity contribution in [1.29, 1.82) is 0 Å². The summed E-state index contributed by atoms with van der Waals surface area (Å²) in [6, 6.07) is 6.19. The van der Waals surface area contributed by atoms with Crippen molar-refractivity contribution in [2.45, 2.75) is 44.4 Å². The molecule has 1 aliphatic rings. The standard InChI is InChI=1S/C16H23F3N2/c1-12(21-10-4-3-5-15(21)11-20-2)13-6-8-14(9-7-13)16(17,18)19/h6-9,12,15,20H,3-5,10-11H2,1-2H3. The number of likely N-dealkylation sites (N-methyl/N-ethyl adjacent to an activating group) is 1. The van der Waals surface area contributed by atoms with Gasteiger partial charge in [-0.25, -0.2) is 0 Å². The van der Waals surface area contributed by atoms with Crippen LogP contribution in [0.4, 0.5) is 13.2 Å². The van der Waals surface area contributed by atoms with E-state index in [1.165, 1.54) is 18.6 Å². The first-order chi connectivity index (χ1) is 9.93. The molecule has 1 aliphatic heterocycles. The lowest BCUT2D eigenvalue weighted by Crippen LogP contribution is -2.45. The molecule has 0 amide bonds. The fourth-order valence-corrected chi connectivity index (χ4v) is 3.13. The van der Waals surface area contributed by atoms with Crippen LogP contribution in [0, 0.1) is 0 Å². The zero-order valence-corrected chi connectivity index (χ0v) is 12.6. The highest BCUT2D eigenvalue weighted by atomic mass is 19.4. The Kier molecular flexibility index (Phi) is 5.27. The predicted molar refractivity (Wildman–Crippen MR) is 78.1 cm³/mol. The van der Waals surface area contributed by atoms with Crippen LogP contribution in [0.5, 0.6) is 0 Å². The number of likely N-dealkylation sites (tertiary alicyclic amines) is 1. The Morgan fingerprint density at radius 2 is 1.90 bits per heavy atom. The SMILES string of the molecule is CNCC1CCCCN1C(C)c1ccc(C(F)(F)F)cc1. The third-order valence-corrected chi connectivity index (χ3v) is 4.33. The van der Waals surface area contributed by atoms with E-state index < -0.39 is 11.7 Å². The Morgan fingerprint density at radius 3 is 2.48 bits per heavy atom. The number of halogens is 3. The largest absolute Gasteiger partial charge is 0.416 e. The fraction of sp³-hybridized carbons (Fsp3) is 0.625. The second-order valence-electron chi connectivity index (χ2n) is 5.74. The van der Waals surface area contributed by atoms with Crippen LogP contribution in [0.2, 0.25) is 0 Å². The Bertz CT molecular complexity index is 440. The van der Waals surface area contributed by atoms with E-state index in [-0.39, 0.29) is 6.04 Å². The van der Waals surface area contributed by atoms with Gasteiger partial charge in [0.15, 0.2) is 0 Å². The number of alkyl halides is 3. The van der Waals surface area contributed by atoms with E-state index in [1.54, 1.807) is 12.1 Å². The van der Waals surface area contributed by atoms with Crippen LogP contribution in [-0.2, 0) is 6.18 Å². The normalized spacial score (nSPS) is 22.2. The lowest BCUT2D eigenvalue weighted by Gasteiger charge is -2.40. The maximum Gasteiger partial charge on any atom is 0.416 e. The highest BCUT2D eigenvalue weighted by Gasteiger charge is 2.31. The Hall–Kier alpha value is -1.07.